The van der Waals surface area contributed by atoms with E-state index in [1.807, 2.05) is 6.92 Å². The van der Waals surface area contributed by atoms with Crippen LogP contribution in [0.5, 0.6) is 0 Å². The zero-order chi connectivity index (χ0) is 14.0. The molecule has 0 aromatic rings. The van der Waals surface area contributed by atoms with Gasteiger partial charge in [-0.05, 0) is 42.9 Å². The topological polar surface area (TPSA) is 26.3 Å². The summed E-state index contributed by atoms with van der Waals surface area (Å²) in [6.07, 6.45) is 8.17. The van der Waals surface area contributed by atoms with Crippen LogP contribution in [-0.2, 0) is 9.53 Å². The molecule has 108 valence electrons. The smallest absolute Gasteiger partial charge is 0.306 e. The molecule has 1 saturated carbocycles. The standard InChI is InChI=1S/C17H28O2/c1-5-19-16(18)11-13(3)15-9-8-14-12(2)7-6-10-17(14,15)4/h9,12-14H,5-8,10-11H2,1-4H3/t12-,13-,14+,17+/m0/s1. The van der Waals surface area contributed by atoms with Crippen LogP contribution in [0.15, 0.2) is 11.6 Å². The second-order valence-electron chi connectivity index (χ2n) is 6.70. The summed E-state index contributed by atoms with van der Waals surface area (Å²) in [5, 5.41) is 0. The third-order valence-electron chi connectivity index (χ3n) is 5.42. The van der Waals surface area contributed by atoms with Gasteiger partial charge in [0.2, 0.25) is 0 Å². The minimum atomic E-state index is -0.0493. The predicted octanol–water partition coefficient (Wildman–Crippen LogP) is 4.35. The summed E-state index contributed by atoms with van der Waals surface area (Å²) in [5.41, 5.74) is 1.86. The van der Waals surface area contributed by atoms with Gasteiger partial charge in [-0.25, -0.2) is 0 Å². The van der Waals surface area contributed by atoms with Gasteiger partial charge in [0.1, 0.15) is 0 Å². The van der Waals surface area contributed by atoms with E-state index < -0.39 is 0 Å². The Morgan fingerprint density at radius 3 is 3.00 bits per heavy atom. The van der Waals surface area contributed by atoms with Crippen LogP contribution in [0, 0.1) is 23.2 Å². The molecule has 0 unspecified atom stereocenters. The van der Waals surface area contributed by atoms with E-state index in [1.165, 1.54) is 31.3 Å². The molecule has 0 N–H and O–H groups in total. The van der Waals surface area contributed by atoms with Crippen molar-refractivity contribution in [2.75, 3.05) is 6.61 Å². The summed E-state index contributed by atoms with van der Waals surface area (Å²) >= 11 is 0. The fourth-order valence-electron chi connectivity index (χ4n) is 4.49. The first-order chi connectivity index (χ1) is 8.99. The van der Waals surface area contributed by atoms with Gasteiger partial charge in [0.05, 0.1) is 13.0 Å². The third-order valence-corrected chi connectivity index (χ3v) is 5.42. The summed E-state index contributed by atoms with van der Waals surface area (Å²) in [5.74, 6) is 1.90. The van der Waals surface area contributed by atoms with Crippen molar-refractivity contribution in [2.45, 2.75) is 59.8 Å². The fourth-order valence-corrected chi connectivity index (χ4v) is 4.49. The highest BCUT2D eigenvalue weighted by Crippen LogP contribution is 2.56. The van der Waals surface area contributed by atoms with Gasteiger partial charge in [0, 0.05) is 0 Å². The van der Waals surface area contributed by atoms with Crippen LogP contribution in [0.3, 0.4) is 0 Å². The number of fused-ring (bicyclic) bond motifs is 1. The lowest BCUT2D eigenvalue weighted by molar-refractivity contribution is -0.143. The Labute approximate surface area is 117 Å². The van der Waals surface area contributed by atoms with E-state index in [-0.39, 0.29) is 5.97 Å². The first-order valence-corrected chi connectivity index (χ1v) is 7.85. The van der Waals surface area contributed by atoms with Gasteiger partial charge in [-0.1, -0.05) is 45.3 Å². The van der Waals surface area contributed by atoms with Crippen LogP contribution in [0.25, 0.3) is 0 Å². The highest BCUT2D eigenvalue weighted by Gasteiger charge is 2.46. The van der Waals surface area contributed by atoms with E-state index in [4.69, 9.17) is 4.74 Å². The van der Waals surface area contributed by atoms with E-state index in [2.05, 4.69) is 26.8 Å². The molecule has 2 rings (SSSR count). The van der Waals surface area contributed by atoms with Crippen molar-refractivity contribution in [1.29, 1.82) is 0 Å². The molecule has 0 radical (unpaired) electrons. The Kier molecular flexibility index (Phi) is 4.37. The molecular weight excluding hydrogens is 236 g/mol. The Morgan fingerprint density at radius 1 is 1.58 bits per heavy atom. The number of ether oxygens (including phenoxy) is 1. The molecule has 0 heterocycles. The van der Waals surface area contributed by atoms with Crippen LogP contribution >= 0.6 is 0 Å². The van der Waals surface area contributed by atoms with Gasteiger partial charge in [-0.3, -0.25) is 4.79 Å². The Bertz CT molecular complexity index is 371. The molecule has 19 heavy (non-hydrogen) atoms. The molecule has 0 saturated heterocycles. The lowest BCUT2D eigenvalue weighted by Crippen LogP contribution is -2.35. The van der Waals surface area contributed by atoms with E-state index in [0.717, 1.165) is 11.8 Å². The predicted molar refractivity (Wildman–Crippen MR) is 77.7 cm³/mol. The first kappa shape index (κ1) is 14.6. The van der Waals surface area contributed by atoms with Crippen LogP contribution in [0.4, 0.5) is 0 Å². The quantitative estimate of drug-likeness (QED) is 0.557. The summed E-state index contributed by atoms with van der Waals surface area (Å²) in [4.78, 5) is 11.7. The number of hydrogen-bond acceptors (Lipinski definition) is 2. The second-order valence-corrected chi connectivity index (χ2v) is 6.70. The van der Waals surface area contributed by atoms with Gasteiger partial charge < -0.3 is 4.74 Å². The minimum absolute atomic E-state index is 0.0493. The van der Waals surface area contributed by atoms with Gasteiger partial charge in [0.25, 0.3) is 0 Å². The summed E-state index contributed by atoms with van der Waals surface area (Å²) in [6, 6.07) is 0. The molecule has 0 amide bonds. The van der Waals surface area contributed by atoms with E-state index in [9.17, 15) is 4.79 Å². The summed E-state index contributed by atoms with van der Waals surface area (Å²) < 4.78 is 5.10. The Hall–Kier alpha value is -0.790. The van der Waals surface area contributed by atoms with Crippen molar-refractivity contribution < 1.29 is 9.53 Å². The second kappa shape index (κ2) is 5.68. The van der Waals surface area contributed by atoms with Crippen molar-refractivity contribution in [2.24, 2.45) is 23.2 Å². The van der Waals surface area contributed by atoms with Crippen molar-refractivity contribution in [3.8, 4) is 0 Å². The highest BCUT2D eigenvalue weighted by atomic mass is 16.5. The van der Waals surface area contributed by atoms with Crippen LogP contribution in [-0.4, -0.2) is 12.6 Å². The van der Waals surface area contributed by atoms with Crippen molar-refractivity contribution in [3.63, 3.8) is 0 Å². The number of rotatable bonds is 4. The van der Waals surface area contributed by atoms with Gasteiger partial charge >= 0.3 is 5.97 Å². The van der Waals surface area contributed by atoms with Gasteiger partial charge in [0.15, 0.2) is 0 Å². The average Bonchev–Trinajstić information content (AvgIpc) is 2.68. The molecule has 2 heteroatoms. The zero-order valence-electron chi connectivity index (χ0n) is 12.9. The third kappa shape index (κ3) is 2.73. The van der Waals surface area contributed by atoms with Crippen molar-refractivity contribution >= 4 is 5.97 Å². The van der Waals surface area contributed by atoms with E-state index in [1.54, 1.807) is 0 Å². The molecule has 0 spiro atoms. The lowest BCUT2D eigenvalue weighted by Gasteiger charge is -2.44. The average molecular weight is 264 g/mol. The minimum Gasteiger partial charge on any atom is -0.466 e. The summed E-state index contributed by atoms with van der Waals surface area (Å²) in [7, 11) is 0. The lowest BCUT2D eigenvalue weighted by atomic mass is 9.60. The molecule has 0 aromatic heterocycles. The summed E-state index contributed by atoms with van der Waals surface area (Å²) in [6.45, 7) is 9.37. The van der Waals surface area contributed by atoms with Crippen molar-refractivity contribution in [1.82, 2.24) is 0 Å². The first-order valence-electron chi connectivity index (χ1n) is 7.85. The number of carbonyl (C=O) groups excluding carboxylic acids is 1. The monoisotopic (exact) mass is 264 g/mol. The van der Waals surface area contributed by atoms with Crippen molar-refractivity contribution in [3.05, 3.63) is 11.6 Å². The maximum absolute atomic E-state index is 11.7. The normalized spacial score (nSPS) is 35.5. The van der Waals surface area contributed by atoms with Gasteiger partial charge in [-0.2, -0.15) is 0 Å². The number of carbonyl (C=O) groups is 1. The molecule has 0 aliphatic heterocycles. The molecule has 2 aliphatic rings. The molecule has 2 aliphatic carbocycles. The molecule has 0 aromatic carbocycles. The van der Waals surface area contributed by atoms with Gasteiger partial charge in [-0.15, -0.1) is 0 Å². The maximum Gasteiger partial charge on any atom is 0.306 e. The SMILES string of the molecule is CCOC(=O)C[C@H](C)C1=CC[C@@H]2[C@@H](C)CCC[C@@]12C. The number of esters is 1. The largest absolute Gasteiger partial charge is 0.466 e. The molecular formula is C17H28O2. The van der Waals surface area contributed by atoms with Crippen LogP contribution in [0.1, 0.15) is 59.8 Å². The molecule has 4 atom stereocenters. The van der Waals surface area contributed by atoms with Crippen LogP contribution < -0.4 is 0 Å². The highest BCUT2D eigenvalue weighted by molar-refractivity contribution is 5.70. The molecule has 0 bridgehead atoms. The Morgan fingerprint density at radius 2 is 2.32 bits per heavy atom. The van der Waals surface area contributed by atoms with E-state index >= 15 is 0 Å². The fraction of sp³-hybridized carbons (Fsp3) is 0.824. The molecule has 2 nitrogen and oxygen atoms in total. The molecule has 1 fully saturated rings. The maximum atomic E-state index is 11.7. The zero-order valence-corrected chi connectivity index (χ0v) is 12.9. The Balaban J connectivity index is 2.06. The van der Waals surface area contributed by atoms with E-state index in [0.29, 0.717) is 24.4 Å². The van der Waals surface area contributed by atoms with Crippen LogP contribution in [0.2, 0.25) is 0 Å². The number of hydrogen-bond donors (Lipinski definition) is 0. The number of allylic oxidation sites excluding steroid dienone is 2.